The van der Waals surface area contributed by atoms with Gasteiger partial charge in [-0.25, -0.2) is 0 Å². The number of carbonyl (C=O) groups excluding carboxylic acids is 1. The maximum absolute atomic E-state index is 12.5. The number of nitrogens with zero attached hydrogens (tertiary/aromatic N) is 3. The zero-order chi connectivity index (χ0) is 20.6. The van der Waals surface area contributed by atoms with Crippen LogP contribution < -0.4 is 10.2 Å². The maximum Gasteiger partial charge on any atom is 0.251 e. The number of hydrogen-bond donors (Lipinski definition) is 1. The van der Waals surface area contributed by atoms with Gasteiger partial charge in [0.1, 0.15) is 0 Å². The molecule has 0 saturated carbocycles. The molecule has 3 aliphatic heterocycles. The van der Waals surface area contributed by atoms with Gasteiger partial charge in [-0.15, -0.1) is 0 Å². The van der Waals surface area contributed by atoms with Crippen LogP contribution >= 0.6 is 0 Å². The number of nitrogens with one attached hydrogen (secondary N) is 1. The molecule has 5 nitrogen and oxygen atoms in total. The number of anilines is 1. The first kappa shape index (κ1) is 21.6. The van der Waals surface area contributed by atoms with E-state index in [4.69, 9.17) is 0 Å². The minimum atomic E-state index is 0.0593. The third kappa shape index (κ3) is 5.98. The summed E-state index contributed by atoms with van der Waals surface area (Å²) in [6.45, 7) is 9.20. The number of likely N-dealkylation sites (tertiary alicyclic amines) is 2. The van der Waals surface area contributed by atoms with E-state index >= 15 is 0 Å². The molecule has 0 spiro atoms. The fourth-order valence-electron chi connectivity index (χ4n) is 5.37. The molecule has 1 aromatic rings. The minimum absolute atomic E-state index is 0.0593. The number of benzene rings is 1. The Kier molecular flexibility index (Phi) is 8.04. The normalized spacial score (nSPS) is 22.2. The standard InChI is InChI=1S/C25H40N4O/c30-25(22-8-10-23(11-9-22)28-16-3-1-4-17-28)26-14-7-15-27-20-12-24(13-21-27)29-18-5-2-6-19-29/h8-11,24H,1-7,12-21H2,(H,26,30). The van der Waals surface area contributed by atoms with E-state index in [9.17, 15) is 4.79 Å². The zero-order valence-electron chi connectivity index (χ0n) is 18.7. The van der Waals surface area contributed by atoms with Crippen LogP contribution in [-0.2, 0) is 0 Å². The maximum atomic E-state index is 12.5. The summed E-state index contributed by atoms with van der Waals surface area (Å²) in [6, 6.07) is 8.98. The van der Waals surface area contributed by atoms with Crippen molar-refractivity contribution >= 4 is 11.6 Å². The first-order chi connectivity index (χ1) is 14.8. The Morgan fingerprint density at radius 1 is 0.833 bits per heavy atom. The lowest BCUT2D eigenvalue weighted by atomic mass is 10.00. The molecule has 3 aliphatic rings. The molecule has 0 unspecified atom stereocenters. The van der Waals surface area contributed by atoms with Crippen molar-refractivity contribution in [2.75, 3.05) is 57.3 Å². The Morgan fingerprint density at radius 3 is 2.13 bits per heavy atom. The Balaban J connectivity index is 1.11. The molecular weight excluding hydrogens is 372 g/mol. The van der Waals surface area contributed by atoms with Crippen molar-refractivity contribution < 1.29 is 4.79 Å². The highest BCUT2D eigenvalue weighted by molar-refractivity contribution is 5.94. The van der Waals surface area contributed by atoms with Crippen LogP contribution in [0.25, 0.3) is 0 Å². The topological polar surface area (TPSA) is 38.8 Å². The molecule has 0 atom stereocenters. The van der Waals surface area contributed by atoms with Crippen LogP contribution in [0.5, 0.6) is 0 Å². The second kappa shape index (κ2) is 11.1. The van der Waals surface area contributed by atoms with Crippen LogP contribution in [0.15, 0.2) is 24.3 Å². The lowest BCUT2D eigenvalue weighted by Crippen LogP contribution is -2.47. The zero-order valence-corrected chi connectivity index (χ0v) is 18.7. The van der Waals surface area contributed by atoms with Crippen LogP contribution in [0.4, 0.5) is 5.69 Å². The highest BCUT2D eigenvalue weighted by Crippen LogP contribution is 2.21. The first-order valence-electron chi connectivity index (χ1n) is 12.4. The van der Waals surface area contributed by atoms with E-state index in [0.29, 0.717) is 0 Å². The molecule has 5 heteroatoms. The molecule has 3 saturated heterocycles. The largest absolute Gasteiger partial charge is 0.372 e. The lowest BCUT2D eigenvalue weighted by molar-refractivity contribution is 0.0903. The number of hydrogen-bond acceptors (Lipinski definition) is 4. The molecule has 3 fully saturated rings. The minimum Gasteiger partial charge on any atom is -0.372 e. The highest BCUT2D eigenvalue weighted by atomic mass is 16.1. The van der Waals surface area contributed by atoms with Crippen LogP contribution in [0.1, 0.15) is 68.1 Å². The Hall–Kier alpha value is -1.59. The van der Waals surface area contributed by atoms with Gasteiger partial charge in [0.15, 0.2) is 0 Å². The number of piperidine rings is 3. The summed E-state index contributed by atoms with van der Waals surface area (Å²) >= 11 is 0. The van der Waals surface area contributed by atoms with Crippen LogP contribution in [-0.4, -0.2) is 74.1 Å². The summed E-state index contributed by atoms with van der Waals surface area (Å²) in [5.41, 5.74) is 2.03. The molecule has 0 bridgehead atoms. The Labute approximate surface area is 182 Å². The molecule has 0 radical (unpaired) electrons. The summed E-state index contributed by atoms with van der Waals surface area (Å²) in [5, 5.41) is 3.11. The molecule has 4 rings (SSSR count). The van der Waals surface area contributed by atoms with Gasteiger partial charge >= 0.3 is 0 Å². The summed E-state index contributed by atoms with van der Waals surface area (Å²) < 4.78 is 0. The van der Waals surface area contributed by atoms with E-state index < -0.39 is 0 Å². The number of amides is 1. The van der Waals surface area contributed by atoms with Gasteiger partial charge in [-0.3, -0.25) is 4.79 Å². The van der Waals surface area contributed by atoms with Crippen molar-refractivity contribution in [3.05, 3.63) is 29.8 Å². The van der Waals surface area contributed by atoms with Crippen molar-refractivity contribution in [2.24, 2.45) is 0 Å². The Morgan fingerprint density at radius 2 is 1.47 bits per heavy atom. The molecule has 0 aliphatic carbocycles. The second-order valence-electron chi connectivity index (χ2n) is 9.37. The van der Waals surface area contributed by atoms with Crippen LogP contribution in [0.3, 0.4) is 0 Å². The molecule has 3 heterocycles. The van der Waals surface area contributed by atoms with Gasteiger partial charge in [0.05, 0.1) is 0 Å². The molecular formula is C25H40N4O. The van der Waals surface area contributed by atoms with Crippen molar-refractivity contribution in [1.82, 2.24) is 15.1 Å². The SMILES string of the molecule is O=C(NCCCN1CCC(N2CCCCC2)CC1)c1ccc(N2CCCCC2)cc1. The van der Waals surface area contributed by atoms with E-state index in [2.05, 4.69) is 32.1 Å². The van der Waals surface area contributed by atoms with Crippen LogP contribution in [0.2, 0.25) is 0 Å². The molecule has 30 heavy (non-hydrogen) atoms. The molecule has 1 aromatic carbocycles. The molecule has 1 N–H and O–H groups in total. The van der Waals surface area contributed by atoms with Crippen molar-refractivity contribution in [2.45, 2.75) is 63.8 Å². The quantitative estimate of drug-likeness (QED) is 0.693. The summed E-state index contributed by atoms with van der Waals surface area (Å²) in [6.07, 6.45) is 11.8. The van der Waals surface area contributed by atoms with Gasteiger partial charge in [0.25, 0.3) is 5.91 Å². The third-order valence-electron chi connectivity index (χ3n) is 7.25. The fourth-order valence-corrected chi connectivity index (χ4v) is 5.37. The van der Waals surface area contributed by atoms with E-state index in [1.165, 1.54) is 83.2 Å². The third-order valence-corrected chi connectivity index (χ3v) is 7.25. The van der Waals surface area contributed by atoms with Gasteiger partial charge in [0.2, 0.25) is 0 Å². The Bertz CT molecular complexity index is 642. The highest BCUT2D eigenvalue weighted by Gasteiger charge is 2.25. The van der Waals surface area contributed by atoms with Crippen molar-refractivity contribution in [3.63, 3.8) is 0 Å². The van der Waals surface area contributed by atoms with E-state index in [1.807, 2.05) is 12.1 Å². The van der Waals surface area contributed by atoms with Gasteiger partial charge in [-0.1, -0.05) is 6.42 Å². The molecule has 1 amide bonds. The monoisotopic (exact) mass is 412 g/mol. The smallest absolute Gasteiger partial charge is 0.251 e. The number of rotatable bonds is 7. The fraction of sp³-hybridized carbons (Fsp3) is 0.720. The molecule has 0 aromatic heterocycles. The van der Waals surface area contributed by atoms with E-state index in [0.717, 1.165) is 44.2 Å². The predicted octanol–water partition coefficient (Wildman–Crippen LogP) is 3.75. The van der Waals surface area contributed by atoms with E-state index in [1.54, 1.807) is 0 Å². The van der Waals surface area contributed by atoms with Gasteiger partial charge < -0.3 is 20.0 Å². The summed E-state index contributed by atoms with van der Waals surface area (Å²) in [4.78, 5) is 20.2. The number of carbonyl (C=O) groups is 1. The van der Waals surface area contributed by atoms with Crippen molar-refractivity contribution in [3.8, 4) is 0 Å². The van der Waals surface area contributed by atoms with Gasteiger partial charge in [0, 0.05) is 36.9 Å². The summed E-state index contributed by atoms with van der Waals surface area (Å²) in [5.74, 6) is 0.0593. The average Bonchev–Trinajstić information content (AvgIpc) is 2.83. The van der Waals surface area contributed by atoms with Gasteiger partial charge in [-0.05, 0) is 108 Å². The van der Waals surface area contributed by atoms with Crippen molar-refractivity contribution in [1.29, 1.82) is 0 Å². The summed E-state index contributed by atoms with van der Waals surface area (Å²) in [7, 11) is 0. The van der Waals surface area contributed by atoms with Gasteiger partial charge in [-0.2, -0.15) is 0 Å². The lowest BCUT2D eigenvalue weighted by Gasteiger charge is -2.40. The molecule has 166 valence electrons. The second-order valence-corrected chi connectivity index (χ2v) is 9.37. The predicted molar refractivity (Wildman–Crippen MR) is 124 cm³/mol. The first-order valence-corrected chi connectivity index (χ1v) is 12.4. The average molecular weight is 413 g/mol. The van der Waals surface area contributed by atoms with Crippen LogP contribution in [0, 0.1) is 0 Å². The van der Waals surface area contributed by atoms with E-state index in [-0.39, 0.29) is 5.91 Å².